The van der Waals surface area contributed by atoms with Crippen molar-refractivity contribution < 1.29 is 4.92 Å². The highest BCUT2D eigenvalue weighted by atomic mass is 16.6. The number of H-pyrrole nitrogens is 1. The minimum absolute atomic E-state index is 0.00814. The first-order valence-electron chi connectivity index (χ1n) is 6.26. The smallest absolute Gasteiger partial charge is 0.317 e. The second-order valence-electron chi connectivity index (χ2n) is 4.74. The Kier molecular flexibility index (Phi) is 2.83. The van der Waals surface area contributed by atoms with Gasteiger partial charge < -0.3 is 10.3 Å². The molecule has 1 saturated heterocycles. The van der Waals surface area contributed by atoms with Gasteiger partial charge in [0.1, 0.15) is 0 Å². The van der Waals surface area contributed by atoms with Gasteiger partial charge in [0.15, 0.2) is 0 Å². The lowest BCUT2D eigenvalue weighted by Crippen LogP contribution is -2.33. The van der Waals surface area contributed by atoms with Crippen molar-refractivity contribution in [2.45, 2.75) is 18.9 Å². The van der Waals surface area contributed by atoms with Crippen LogP contribution in [-0.2, 0) is 0 Å². The first-order chi connectivity index (χ1) is 9.16. The number of nitrogens with one attached hydrogen (secondary N) is 2. The molecule has 19 heavy (non-hydrogen) atoms. The first-order valence-corrected chi connectivity index (χ1v) is 6.26. The van der Waals surface area contributed by atoms with E-state index < -0.39 is 4.92 Å². The fourth-order valence-corrected chi connectivity index (χ4v) is 2.66. The third kappa shape index (κ3) is 2.01. The molecule has 1 aromatic carbocycles. The van der Waals surface area contributed by atoms with Crippen LogP contribution in [0.4, 0.5) is 5.69 Å². The number of hydrogen-bond donors (Lipinski definition) is 2. The van der Waals surface area contributed by atoms with E-state index in [4.69, 9.17) is 0 Å². The summed E-state index contributed by atoms with van der Waals surface area (Å²) in [5, 5.41) is 14.0. The molecule has 7 heteroatoms. The molecule has 2 N–H and O–H groups in total. The number of hydrogen-bond acceptors (Lipinski definition) is 4. The van der Waals surface area contributed by atoms with E-state index in [1.807, 2.05) is 0 Å². The quantitative estimate of drug-likeness (QED) is 0.627. The van der Waals surface area contributed by atoms with Crippen LogP contribution in [0.3, 0.4) is 0 Å². The second kappa shape index (κ2) is 4.51. The molecular weight excluding hydrogens is 248 g/mol. The van der Waals surface area contributed by atoms with Gasteiger partial charge in [0.25, 0.3) is 5.69 Å². The van der Waals surface area contributed by atoms with E-state index in [-0.39, 0.29) is 17.4 Å². The highest BCUT2D eigenvalue weighted by Crippen LogP contribution is 2.24. The Hall–Kier alpha value is -2.15. The Morgan fingerprint density at radius 3 is 2.74 bits per heavy atom. The highest BCUT2D eigenvalue weighted by Gasteiger charge is 2.20. The molecule has 0 unspecified atom stereocenters. The number of piperidine rings is 1. The third-order valence-electron chi connectivity index (χ3n) is 3.58. The summed E-state index contributed by atoms with van der Waals surface area (Å²) in [6.45, 7) is 1.77. The van der Waals surface area contributed by atoms with Gasteiger partial charge in [-0.3, -0.25) is 14.7 Å². The number of nitro benzene ring substituents is 1. The molecule has 1 aromatic heterocycles. The second-order valence-corrected chi connectivity index (χ2v) is 4.74. The fraction of sp³-hybridized carbons (Fsp3) is 0.417. The summed E-state index contributed by atoms with van der Waals surface area (Å²) >= 11 is 0. The Balaban J connectivity index is 2.11. The molecule has 0 saturated carbocycles. The van der Waals surface area contributed by atoms with Crippen LogP contribution in [0.5, 0.6) is 0 Å². The van der Waals surface area contributed by atoms with E-state index >= 15 is 0 Å². The lowest BCUT2D eigenvalue weighted by Gasteiger charge is -2.23. The molecule has 3 rings (SSSR count). The molecule has 0 bridgehead atoms. The summed E-state index contributed by atoms with van der Waals surface area (Å²) in [7, 11) is 0. The zero-order valence-electron chi connectivity index (χ0n) is 10.3. The van der Waals surface area contributed by atoms with E-state index in [1.54, 1.807) is 10.6 Å². The average Bonchev–Trinajstić information content (AvgIpc) is 2.74. The van der Waals surface area contributed by atoms with Crippen LogP contribution >= 0.6 is 0 Å². The van der Waals surface area contributed by atoms with Crippen molar-refractivity contribution in [1.82, 2.24) is 14.9 Å². The Morgan fingerprint density at radius 1 is 1.32 bits per heavy atom. The number of nitrogens with zero attached hydrogens (tertiary/aromatic N) is 2. The number of rotatable bonds is 2. The van der Waals surface area contributed by atoms with Gasteiger partial charge in [-0.2, -0.15) is 0 Å². The van der Waals surface area contributed by atoms with Gasteiger partial charge in [-0.15, -0.1) is 0 Å². The molecule has 1 aliphatic rings. The van der Waals surface area contributed by atoms with Gasteiger partial charge in [0.2, 0.25) is 0 Å². The maximum absolute atomic E-state index is 12.0. The van der Waals surface area contributed by atoms with Crippen molar-refractivity contribution in [2.75, 3.05) is 13.1 Å². The number of fused-ring (bicyclic) bond motifs is 1. The first kappa shape index (κ1) is 11.9. The van der Waals surface area contributed by atoms with Crippen molar-refractivity contribution >= 4 is 16.7 Å². The standard InChI is InChI=1S/C12H14N4O3/c17-12-14-10-7-9(16(18)19)1-2-11(10)15(12)8-3-5-13-6-4-8/h1-2,7-8,13H,3-6H2,(H,14,17). The van der Waals surface area contributed by atoms with Crippen molar-refractivity contribution in [3.63, 3.8) is 0 Å². The highest BCUT2D eigenvalue weighted by molar-refractivity contribution is 5.78. The molecule has 1 fully saturated rings. The Labute approximate surface area is 108 Å². The number of benzene rings is 1. The van der Waals surface area contributed by atoms with E-state index in [9.17, 15) is 14.9 Å². The van der Waals surface area contributed by atoms with Gasteiger partial charge in [-0.05, 0) is 32.0 Å². The monoisotopic (exact) mass is 262 g/mol. The van der Waals surface area contributed by atoms with Gasteiger partial charge in [-0.1, -0.05) is 0 Å². The van der Waals surface area contributed by atoms with Crippen LogP contribution < -0.4 is 11.0 Å². The molecule has 0 aliphatic carbocycles. The summed E-state index contributed by atoms with van der Waals surface area (Å²) in [6, 6.07) is 4.65. The van der Waals surface area contributed by atoms with Crippen molar-refractivity contribution in [1.29, 1.82) is 0 Å². The SMILES string of the molecule is O=c1[nH]c2cc([N+](=O)[O-])ccc2n1C1CCNCC1. The number of non-ortho nitro benzene ring substituents is 1. The minimum Gasteiger partial charge on any atom is -0.317 e. The van der Waals surface area contributed by atoms with Crippen LogP contribution in [0.15, 0.2) is 23.0 Å². The molecule has 0 spiro atoms. The number of nitro groups is 1. The fourth-order valence-electron chi connectivity index (χ4n) is 2.66. The predicted octanol–water partition coefficient (Wildman–Crippen LogP) is 1.16. The molecule has 2 heterocycles. The zero-order valence-corrected chi connectivity index (χ0v) is 10.3. The minimum atomic E-state index is -0.459. The van der Waals surface area contributed by atoms with Crippen LogP contribution in [0.2, 0.25) is 0 Å². The van der Waals surface area contributed by atoms with Gasteiger partial charge in [0, 0.05) is 18.2 Å². The van der Waals surface area contributed by atoms with Crippen molar-refractivity contribution in [2.24, 2.45) is 0 Å². The van der Waals surface area contributed by atoms with E-state index in [0.29, 0.717) is 5.52 Å². The molecule has 0 radical (unpaired) electrons. The van der Waals surface area contributed by atoms with E-state index in [0.717, 1.165) is 31.4 Å². The van der Waals surface area contributed by atoms with Crippen molar-refractivity contribution in [3.05, 3.63) is 38.8 Å². The molecule has 7 nitrogen and oxygen atoms in total. The lowest BCUT2D eigenvalue weighted by atomic mass is 10.1. The lowest BCUT2D eigenvalue weighted by molar-refractivity contribution is -0.384. The normalized spacial score (nSPS) is 16.8. The molecule has 0 amide bonds. The van der Waals surface area contributed by atoms with E-state index in [2.05, 4.69) is 10.3 Å². The largest absolute Gasteiger partial charge is 0.326 e. The zero-order chi connectivity index (χ0) is 13.4. The molecule has 0 atom stereocenters. The molecule has 2 aromatic rings. The summed E-state index contributed by atoms with van der Waals surface area (Å²) in [4.78, 5) is 25.0. The topological polar surface area (TPSA) is 93.0 Å². The third-order valence-corrected chi connectivity index (χ3v) is 3.58. The maximum Gasteiger partial charge on any atom is 0.326 e. The molecular formula is C12H14N4O3. The van der Waals surface area contributed by atoms with Crippen LogP contribution in [0.25, 0.3) is 11.0 Å². The average molecular weight is 262 g/mol. The molecule has 100 valence electrons. The number of aromatic amines is 1. The van der Waals surface area contributed by atoms with E-state index in [1.165, 1.54) is 12.1 Å². The number of aromatic nitrogens is 2. The summed E-state index contributed by atoms with van der Waals surface area (Å²) in [5.74, 6) is 0. The van der Waals surface area contributed by atoms with Gasteiger partial charge >= 0.3 is 5.69 Å². The summed E-state index contributed by atoms with van der Waals surface area (Å²) in [5.41, 5.74) is 1.06. The van der Waals surface area contributed by atoms with Crippen LogP contribution in [0.1, 0.15) is 18.9 Å². The van der Waals surface area contributed by atoms with Gasteiger partial charge in [-0.25, -0.2) is 4.79 Å². The summed E-state index contributed by atoms with van der Waals surface area (Å²) < 4.78 is 1.72. The van der Waals surface area contributed by atoms with Crippen molar-refractivity contribution in [3.8, 4) is 0 Å². The maximum atomic E-state index is 12.0. The van der Waals surface area contributed by atoms with Crippen LogP contribution in [0, 0.1) is 10.1 Å². The van der Waals surface area contributed by atoms with Crippen LogP contribution in [-0.4, -0.2) is 27.6 Å². The predicted molar refractivity (Wildman–Crippen MR) is 70.4 cm³/mol. The Bertz CT molecular complexity index is 682. The van der Waals surface area contributed by atoms with Gasteiger partial charge in [0.05, 0.1) is 16.0 Å². The Morgan fingerprint density at radius 2 is 2.05 bits per heavy atom. The molecule has 1 aliphatic heterocycles. The summed E-state index contributed by atoms with van der Waals surface area (Å²) in [6.07, 6.45) is 1.79. The number of imidazole rings is 1.